The fraction of sp³-hybridized carbons (Fsp3) is 0.709. The second-order valence-electron chi connectivity index (χ2n) is 26.8. The van der Waals surface area contributed by atoms with Crippen molar-refractivity contribution in [2.75, 3.05) is 13.2 Å². The highest BCUT2D eigenvalue weighted by Crippen LogP contribution is 2.23. The van der Waals surface area contributed by atoms with Gasteiger partial charge in [0, 0.05) is 6.42 Å². The third-order valence-corrected chi connectivity index (χ3v) is 17.9. The van der Waals surface area contributed by atoms with Crippen molar-refractivity contribution >= 4 is 5.91 Å². The molecule has 95 heavy (non-hydrogen) atoms. The number of unbranched alkanes of at least 4 members (excludes halogenated alkanes) is 36. The zero-order valence-corrected chi connectivity index (χ0v) is 61.1. The fourth-order valence-electron chi connectivity index (χ4n) is 11.8. The molecular weight excluding hydrogens is 1170 g/mol. The number of hydrogen-bond donors (Lipinski definition) is 6. The summed E-state index contributed by atoms with van der Waals surface area (Å²) < 4.78 is 11.3. The number of carbonyl (C=O) groups excluding carboxylic acids is 1. The number of hydrogen-bond acceptors (Lipinski definition) is 8. The van der Waals surface area contributed by atoms with Crippen LogP contribution in [0.25, 0.3) is 0 Å². The van der Waals surface area contributed by atoms with Crippen molar-refractivity contribution in [1.29, 1.82) is 0 Å². The lowest BCUT2D eigenvalue weighted by Gasteiger charge is -2.40. The number of rotatable bonds is 68. The van der Waals surface area contributed by atoms with Crippen LogP contribution in [0, 0.1) is 0 Å². The van der Waals surface area contributed by atoms with Gasteiger partial charge in [-0.2, -0.15) is 0 Å². The van der Waals surface area contributed by atoms with E-state index in [2.05, 4.69) is 153 Å². The van der Waals surface area contributed by atoms with Crippen LogP contribution in [-0.4, -0.2) is 87.5 Å². The van der Waals surface area contributed by atoms with E-state index in [1.807, 2.05) is 6.08 Å². The summed E-state index contributed by atoms with van der Waals surface area (Å²) >= 11 is 0. The van der Waals surface area contributed by atoms with Crippen LogP contribution in [0.5, 0.6) is 0 Å². The molecule has 0 aromatic carbocycles. The maximum atomic E-state index is 13.2. The first-order chi connectivity index (χ1) is 46.8. The zero-order chi connectivity index (χ0) is 68.5. The summed E-state index contributed by atoms with van der Waals surface area (Å²) in [5, 5.41) is 54.9. The van der Waals surface area contributed by atoms with Crippen molar-refractivity contribution < 1.29 is 39.8 Å². The molecule has 544 valence electrons. The summed E-state index contributed by atoms with van der Waals surface area (Å²) in [6.07, 6.45) is 105. The SMILES string of the molecule is CC/C=C\C/C=C\C/C=C\C/C=C\C/C=C\C/C=C\C/C=C\C/C=C\C/C=C\C/C=C\C/C=C\CCCCCCCC(=O)NC(COC1OC(CO)C(O)C(O)C1O)C(O)/C=C/CCCCCCCCCCCCCCCCCCCCCCCCCCCCCCCCC. The quantitative estimate of drug-likeness (QED) is 0.0261. The lowest BCUT2D eigenvalue weighted by atomic mass is 9.99. The lowest BCUT2D eigenvalue weighted by Crippen LogP contribution is -2.60. The molecule has 0 aliphatic carbocycles. The predicted molar refractivity (Wildman–Crippen MR) is 410 cm³/mol. The third kappa shape index (κ3) is 60.9. The molecular formula is C86H147NO8. The van der Waals surface area contributed by atoms with Crippen LogP contribution in [0.1, 0.15) is 335 Å². The van der Waals surface area contributed by atoms with E-state index in [0.717, 1.165) is 128 Å². The minimum absolute atomic E-state index is 0.198. The minimum atomic E-state index is -1.58. The van der Waals surface area contributed by atoms with Crippen molar-refractivity contribution in [3.63, 3.8) is 0 Å². The van der Waals surface area contributed by atoms with Gasteiger partial charge in [-0.3, -0.25) is 4.79 Å². The predicted octanol–water partition coefficient (Wildman–Crippen LogP) is 22.9. The van der Waals surface area contributed by atoms with Gasteiger partial charge >= 0.3 is 0 Å². The van der Waals surface area contributed by atoms with Crippen molar-refractivity contribution in [3.8, 4) is 0 Å². The largest absolute Gasteiger partial charge is 0.394 e. The maximum absolute atomic E-state index is 13.2. The average molecular weight is 1320 g/mol. The van der Waals surface area contributed by atoms with Gasteiger partial charge < -0.3 is 40.3 Å². The van der Waals surface area contributed by atoms with E-state index < -0.39 is 49.5 Å². The summed E-state index contributed by atoms with van der Waals surface area (Å²) in [4.78, 5) is 13.2. The molecule has 9 nitrogen and oxygen atoms in total. The van der Waals surface area contributed by atoms with Gasteiger partial charge in [0.25, 0.3) is 0 Å². The first-order valence-electron chi connectivity index (χ1n) is 39.6. The topological polar surface area (TPSA) is 149 Å². The van der Waals surface area contributed by atoms with Crippen LogP contribution in [-0.2, 0) is 14.3 Å². The van der Waals surface area contributed by atoms with E-state index in [1.54, 1.807) is 6.08 Å². The molecule has 1 aliphatic rings. The second-order valence-corrected chi connectivity index (χ2v) is 26.8. The van der Waals surface area contributed by atoms with Gasteiger partial charge in [-0.15, -0.1) is 0 Å². The number of nitrogens with one attached hydrogen (secondary N) is 1. The molecule has 7 unspecified atom stereocenters. The first kappa shape index (κ1) is 89.1. The van der Waals surface area contributed by atoms with Crippen LogP contribution < -0.4 is 5.32 Å². The van der Waals surface area contributed by atoms with Crippen LogP contribution in [0.3, 0.4) is 0 Å². The van der Waals surface area contributed by atoms with Gasteiger partial charge in [0.05, 0.1) is 25.4 Å². The van der Waals surface area contributed by atoms with E-state index in [0.29, 0.717) is 6.42 Å². The number of carbonyl (C=O) groups is 1. The summed E-state index contributed by atoms with van der Waals surface area (Å²) in [5.41, 5.74) is 0. The lowest BCUT2D eigenvalue weighted by molar-refractivity contribution is -0.302. The number of ether oxygens (including phenoxy) is 2. The van der Waals surface area contributed by atoms with E-state index in [4.69, 9.17) is 9.47 Å². The summed E-state index contributed by atoms with van der Waals surface area (Å²) in [5.74, 6) is -0.198. The molecule has 1 fully saturated rings. The molecule has 0 aromatic heterocycles. The smallest absolute Gasteiger partial charge is 0.220 e. The molecule has 1 amide bonds. The van der Waals surface area contributed by atoms with Gasteiger partial charge in [-0.05, 0) is 103 Å². The van der Waals surface area contributed by atoms with Crippen LogP contribution in [0.4, 0.5) is 0 Å². The standard InChI is InChI=1S/C86H147NO8/c1-3-5-7-9-11-13-15-17-19-21-23-25-27-29-31-33-35-37-38-39-40-41-42-44-46-48-50-52-54-56-58-60-62-64-66-68-70-72-74-76-82(90)87-79(78-94-86-85(93)84(92)83(91)81(77-88)95-86)80(89)75-73-71-69-67-65-63-61-59-57-55-53-51-49-47-45-43-36-34-32-30-28-26-24-22-20-18-16-14-12-10-8-6-4-2/h5,7,11,13,17,19,23,25,29,31,35,37,39-40,42,44,48,50,54,56,60,62,73,75,79-81,83-86,88-89,91-93H,3-4,6,8-10,12,14-16,18,20-22,24,26-28,30,32-34,36,38,41,43,45-47,49,51-53,55,57-59,61,63-72,74,76-78H2,1-2H3,(H,87,90)/b7-5-,13-11-,19-17-,25-23-,31-29-,37-35-,40-39-,44-42-,50-48-,56-54-,62-60-,75-73+. The Kier molecular flexibility index (Phi) is 68.3. The average Bonchev–Trinajstić information content (AvgIpc) is 0.836. The van der Waals surface area contributed by atoms with Gasteiger partial charge in [0.2, 0.25) is 5.91 Å². The van der Waals surface area contributed by atoms with E-state index >= 15 is 0 Å². The molecule has 0 spiro atoms. The van der Waals surface area contributed by atoms with Crippen molar-refractivity contribution in [2.24, 2.45) is 0 Å². The van der Waals surface area contributed by atoms with Crippen LogP contribution >= 0.6 is 0 Å². The highest BCUT2D eigenvalue weighted by Gasteiger charge is 2.44. The monoisotopic (exact) mass is 1320 g/mol. The molecule has 9 heteroatoms. The molecule has 1 aliphatic heterocycles. The number of aliphatic hydroxyl groups excluding tert-OH is 5. The Labute approximate surface area is 584 Å². The maximum Gasteiger partial charge on any atom is 0.220 e. The number of allylic oxidation sites excluding steroid dienone is 23. The van der Waals surface area contributed by atoms with E-state index in [9.17, 15) is 30.3 Å². The number of amides is 1. The molecule has 7 atom stereocenters. The Hall–Kier alpha value is -3.93. The fourth-order valence-corrected chi connectivity index (χ4v) is 11.8. The molecule has 0 aromatic rings. The Bertz CT molecular complexity index is 2020. The number of aliphatic hydroxyl groups is 5. The molecule has 6 N–H and O–H groups in total. The molecule has 0 bridgehead atoms. The molecule has 1 rings (SSSR count). The Balaban J connectivity index is 2.15. The van der Waals surface area contributed by atoms with Crippen molar-refractivity contribution in [3.05, 3.63) is 146 Å². The second kappa shape index (κ2) is 72.8. The van der Waals surface area contributed by atoms with Crippen LogP contribution in [0.2, 0.25) is 0 Å². The first-order valence-corrected chi connectivity index (χ1v) is 39.6. The Morgan fingerprint density at radius 2 is 0.653 bits per heavy atom. The summed E-state index contributed by atoms with van der Waals surface area (Å²) in [6, 6.07) is -0.829. The third-order valence-electron chi connectivity index (χ3n) is 17.9. The minimum Gasteiger partial charge on any atom is -0.394 e. The molecule has 1 saturated heterocycles. The van der Waals surface area contributed by atoms with Gasteiger partial charge in [-0.25, -0.2) is 0 Å². The summed E-state index contributed by atoms with van der Waals surface area (Å²) in [7, 11) is 0. The Morgan fingerprint density at radius 1 is 0.368 bits per heavy atom. The van der Waals surface area contributed by atoms with E-state index in [-0.39, 0.29) is 12.5 Å². The van der Waals surface area contributed by atoms with Crippen molar-refractivity contribution in [2.45, 2.75) is 378 Å². The highest BCUT2D eigenvalue weighted by molar-refractivity contribution is 5.76. The van der Waals surface area contributed by atoms with Gasteiger partial charge in [-0.1, -0.05) is 372 Å². The highest BCUT2D eigenvalue weighted by atomic mass is 16.7. The van der Waals surface area contributed by atoms with E-state index in [1.165, 1.54) is 186 Å². The molecule has 1 heterocycles. The Morgan fingerprint density at radius 3 is 0.968 bits per heavy atom. The van der Waals surface area contributed by atoms with Gasteiger partial charge in [0.1, 0.15) is 24.4 Å². The summed E-state index contributed by atoms with van der Waals surface area (Å²) in [6.45, 7) is 3.68. The zero-order valence-electron chi connectivity index (χ0n) is 61.1. The van der Waals surface area contributed by atoms with Gasteiger partial charge in [0.15, 0.2) is 6.29 Å². The molecule has 0 saturated carbocycles. The normalized spacial score (nSPS) is 18.3. The molecule has 0 radical (unpaired) electrons. The van der Waals surface area contributed by atoms with Crippen molar-refractivity contribution in [1.82, 2.24) is 5.32 Å². The van der Waals surface area contributed by atoms with Crippen LogP contribution in [0.15, 0.2) is 146 Å².